The molecule has 1 aromatic rings. The fraction of sp³-hybridized carbons (Fsp3) is 0.143. The second-order valence-electron chi connectivity index (χ2n) is 2.68. The van der Waals surface area contributed by atoms with E-state index in [0.29, 0.717) is 0 Å². The summed E-state index contributed by atoms with van der Waals surface area (Å²) in [5, 5.41) is -0.0414. The van der Waals surface area contributed by atoms with Crippen molar-refractivity contribution in [3.05, 3.63) is 28.2 Å². The van der Waals surface area contributed by atoms with Crippen LogP contribution in [0.25, 0.3) is 0 Å². The third kappa shape index (κ3) is 2.93. The van der Waals surface area contributed by atoms with Gasteiger partial charge in [0.2, 0.25) is 0 Å². The highest BCUT2D eigenvalue weighted by molar-refractivity contribution is 7.93. The van der Waals surface area contributed by atoms with E-state index in [4.69, 9.17) is 23.2 Å². The lowest BCUT2D eigenvalue weighted by Gasteiger charge is -2.11. The van der Waals surface area contributed by atoms with Gasteiger partial charge in [-0.2, -0.15) is 21.6 Å². The van der Waals surface area contributed by atoms with Gasteiger partial charge in [-0.3, -0.25) is 4.72 Å². The maximum atomic E-state index is 12.0. The molecule has 90 valence electrons. The molecule has 16 heavy (non-hydrogen) atoms. The molecule has 0 spiro atoms. The number of anilines is 1. The maximum Gasteiger partial charge on any atom is 0.516 e. The van der Waals surface area contributed by atoms with Crippen LogP contribution in [0.15, 0.2) is 18.2 Å². The summed E-state index contributed by atoms with van der Waals surface area (Å²) in [5.41, 5.74) is -5.78. The molecule has 1 aromatic carbocycles. The monoisotopic (exact) mass is 293 g/mol. The highest BCUT2D eigenvalue weighted by Gasteiger charge is 2.46. The van der Waals surface area contributed by atoms with Gasteiger partial charge in [0, 0.05) is 5.02 Å². The van der Waals surface area contributed by atoms with Crippen LogP contribution in [0.4, 0.5) is 18.9 Å². The summed E-state index contributed by atoms with van der Waals surface area (Å²) in [6, 6.07) is 3.37. The Hall–Kier alpha value is -0.660. The number of benzene rings is 1. The van der Waals surface area contributed by atoms with Crippen molar-refractivity contribution < 1.29 is 21.6 Å². The first-order valence-corrected chi connectivity index (χ1v) is 5.91. The molecular formula is C7H4Cl2F3NO2S. The van der Waals surface area contributed by atoms with Crippen molar-refractivity contribution >= 4 is 38.9 Å². The van der Waals surface area contributed by atoms with Gasteiger partial charge >= 0.3 is 15.5 Å². The van der Waals surface area contributed by atoms with Crippen LogP contribution in [0.2, 0.25) is 10.0 Å². The largest absolute Gasteiger partial charge is 0.516 e. The van der Waals surface area contributed by atoms with Gasteiger partial charge < -0.3 is 0 Å². The van der Waals surface area contributed by atoms with Crippen LogP contribution in [-0.4, -0.2) is 13.9 Å². The average molecular weight is 294 g/mol. The molecule has 0 aromatic heterocycles. The Bertz CT molecular complexity index is 501. The zero-order valence-electron chi connectivity index (χ0n) is 7.35. The molecule has 0 aliphatic carbocycles. The van der Waals surface area contributed by atoms with E-state index in [2.05, 4.69) is 0 Å². The third-order valence-electron chi connectivity index (χ3n) is 1.48. The zero-order chi connectivity index (χ0) is 12.6. The minimum atomic E-state index is -5.46. The van der Waals surface area contributed by atoms with Gasteiger partial charge in [0.05, 0.1) is 10.7 Å². The Labute approximate surface area is 99.2 Å². The normalized spacial score (nSPS) is 12.6. The Morgan fingerprint density at radius 3 is 2.19 bits per heavy atom. The van der Waals surface area contributed by atoms with Gasteiger partial charge in [0.1, 0.15) is 0 Å². The van der Waals surface area contributed by atoms with E-state index in [-0.39, 0.29) is 15.7 Å². The van der Waals surface area contributed by atoms with Crippen LogP contribution >= 0.6 is 23.2 Å². The van der Waals surface area contributed by atoms with Gasteiger partial charge in [0.25, 0.3) is 0 Å². The van der Waals surface area contributed by atoms with Crippen molar-refractivity contribution in [3.8, 4) is 0 Å². The van der Waals surface area contributed by atoms with Crippen molar-refractivity contribution in [2.45, 2.75) is 5.51 Å². The number of nitrogens with one attached hydrogen (secondary N) is 1. The molecule has 0 bridgehead atoms. The van der Waals surface area contributed by atoms with Gasteiger partial charge in [-0.1, -0.05) is 23.2 Å². The van der Waals surface area contributed by atoms with E-state index in [1.807, 2.05) is 0 Å². The SMILES string of the molecule is O=S(=O)(Nc1ccc(Cl)cc1Cl)C(F)(F)F. The van der Waals surface area contributed by atoms with E-state index in [0.717, 1.165) is 12.1 Å². The van der Waals surface area contributed by atoms with Crippen LogP contribution < -0.4 is 4.72 Å². The topological polar surface area (TPSA) is 46.2 Å². The molecule has 0 unspecified atom stereocenters. The molecule has 0 amide bonds. The summed E-state index contributed by atoms with van der Waals surface area (Å²) in [6.07, 6.45) is 0. The van der Waals surface area contributed by atoms with Crippen molar-refractivity contribution in [3.63, 3.8) is 0 Å². The number of sulfonamides is 1. The summed E-state index contributed by atoms with van der Waals surface area (Å²) < 4.78 is 58.8. The Balaban J connectivity index is 3.07. The first-order chi connectivity index (χ1) is 7.13. The molecule has 0 heterocycles. The highest BCUT2D eigenvalue weighted by atomic mass is 35.5. The molecule has 0 radical (unpaired) electrons. The van der Waals surface area contributed by atoms with Crippen LogP contribution in [0.3, 0.4) is 0 Å². The fourth-order valence-electron chi connectivity index (χ4n) is 0.775. The molecule has 3 nitrogen and oxygen atoms in total. The molecule has 1 N–H and O–H groups in total. The smallest absolute Gasteiger partial charge is 0.274 e. The third-order valence-corrected chi connectivity index (χ3v) is 3.13. The standard InChI is InChI=1S/C7H4Cl2F3NO2S/c8-4-1-2-6(5(9)3-4)13-16(14,15)7(10,11)12/h1-3,13H. The number of rotatable bonds is 2. The summed E-state index contributed by atoms with van der Waals surface area (Å²) >= 11 is 11.0. The van der Waals surface area contributed by atoms with Crippen molar-refractivity contribution in [2.75, 3.05) is 4.72 Å². The molecule has 9 heteroatoms. The van der Waals surface area contributed by atoms with Crippen molar-refractivity contribution in [1.29, 1.82) is 0 Å². The van der Waals surface area contributed by atoms with Gasteiger partial charge in [-0.15, -0.1) is 0 Å². The lowest BCUT2D eigenvalue weighted by molar-refractivity contribution is -0.0429. The highest BCUT2D eigenvalue weighted by Crippen LogP contribution is 2.30. The second kappa shape index (κ2) is 4.31. The molecule has 0 saturated heterocycles. The minimum Gasteiger partial charge on any atom is -0.274 e. The zero-order valence-corrected chi connectivity index (χ0v) is 9.67. The number of alkyl halides is 3. The van der Waals surface area contributed by atoms with Crippen LogP contribution in [0.1, 0.15) is 0 Å². The summed E-state index contributed by atoms with van der Waals surface area (Å²) in [7, 11) is -5.46. The lowest BCUT2D eigenvalue weighted by Crippen LogP contribution is -2.30. The van der Waals surface area contributed by atoms with Gasteiger partial charge in [-0.25, -0.2) is 0 Å². The average Bonchev–Trinajstić information content (AvgIpc) is 2.08. The Morgan fingerprint density at radius 1 is 1.19 bits per heavy atom. The van der Waals surface area contributed by atoms with Gasteiger partial charge in [0.15, 0.2) is 0 Å². The second-order valence-corrected chi connectivity index (χ2v) is 5.19. The van der Waals surface area contributed by atoms with Crippen molar-refractivity contribution in [2.24, 2.45) is 0 Å². The van der Waals surface area contributed by atoms with E-state index < -0.39 is 15.5 Å². The number of hydrogen-bond donors (Lipinski definition) is 1. The lowest BCUT2D eigenvalue weighted by atomic mass is 10.3. The van der Waals surface area contributed by atoms with Crippen LogP contribution in [-0.2, 0) is 10.0 Å². The van der Waals surface area contributed by atoms with Crippen molar-refractivity contribution in [1.82, 2.24) is 0 Å². The Kier molecular flexibility index (Phi) is 3.61. The van der Waals surface area contributed by atoms with Gasteiger partial charge in [-0.05, 0) is 18.2 Å². The molecule has 0 aliphatic rings. The number of halogens is 5. The minimum absolute atomic E-state index is 0.181. The predicted octanol–water partition coefficient (Wildman–Crippen LogP) is 3.25. The molecule has 0 saturated carbocycles. The summed E-state index contributed by atoms with van der Waals surface area (Å²) in [4.78, 5) is 0. The molecule has 0 aliphatic heterocycles. The summed E-state index contributed by atoms with van der Waals surface area (Å²) in [6.45, 7) is 0. The van der Waals surface area contributed by atoms with Crippen LogP contribution in [0, 0.1) is 0 Å². The molecule has 0 atom stereocenters. The van der Waals surface area contributed by atoms with E-state index in [9.17, 15) is 21.6 Å². The van der Waals surface area contributed by atoms with Crippen LogP contribution in [0.5, 0.6) is 0 Å². The maximum absolute atomic E-state index is 12.0. The molecule has 1 rings (SSSR count). The first-order valence-electron chi connectivity index (χ1n) is 3.67. The number of hydrogen-bond acceptors (Lipinski definition) is 2. The summed E-state index contributed by atoms with van der Waals surface area (Å²) in [5.74, 6) is 0. The molecular weight excluding hydrogens is 290 g/mol. The fourth-order valence-corrected chi connectivity index (χ4v) is 1.87. The predicted molar refractivity (Wildman–Crippen MR) is 55.1 cm³/mol. The van der Waals surface area contributed by atoms with E-state index in [1.165, 1.54) is 10.8 Å². The molecule has 0 fully saturated rings. The first kappa shape index (κ1) is 13.4. The van der Waals surface area contributed by atoms with E-state index >= 15 is 0 Å². The Morgan fingerprint density at radius 2 is 1.75 bits per heavy atom. The van der Waals surface area contributed by atoms with E-state index in [1.54, 1.807) is 0 Å². The quantitative estimate of drug-likeness (QED) is 0.910.